The third kappa shape index (κ3) is 5.16. The molecular weight excluding hydrogens is 383 g/mol. The van der Waals surface area contributed by atoms with Crippen LogP contribution in [-0.2, 0) is 17.4 Å². The summed E-state index contributed by atoms with van der Waals surface area (Å²) >= 11 is 0. The highest BCUT2D eigenvalue weighted by atomic mass is 31.2. The maximum absolute atomic E-state index is 11.7. The maximum atomic E-state index is 11.7. The molecule has 0 saturated heterocycles. The lowest BCUT2D eigenvalue weighted by Crippen LogP contribution is -1.99. The third-order valence-electron chi connectivity index (χ3n) is 4.88. The zero-order valence-corrected chi connectivity index (χ0v) is 17.7. The van der Waals surface area contributed by atoms with E-state index in [-0.39, 0.29) is 5.75 Å². The molecule has 29 heavy (non-hydrogen) atoms. The first-order valence-corrected chi connectivity index (χ1v) is 11.5. The van der Waals surface area contributed by atoms with Crippen molar-refractivity contribution < 1.29 is 18.9 Å². The number of benzene rings is 3. The van der Waals surface area contributed by atoms with Crippen LogP contribution in [-0.4, -0.2) is 9.79 Å². The van der Waals surface area contributed by atoms with Gasteiger partial charge in [0.25, 0.3) is 0 Å². The summed E-state index contributed by atoms with van der Waals surface area (Å²) in [7, 11) is -4.70. The van der Waals surface area contributed by atoms with E-state index >= 15 is 0 Å². The van der Waals surface area contributed by atoms with Gasteiger partial charge in [-0.2, -0.15) is 0 Å². The second-order valence-electron chi connectivity index (χ2n) is 7.07. The Morgan fingerprint density at radius 1 is 0.724 bits per heavy atom. The normalized spacial score (nSPS) is 11.4. The number of hydrogen-bond donors (Lipinski definition) is 2. The van der Waals surface area contributed by atoms with Gasteiger partial charge in [0.15, 0.2) is 0 Å². The first kappa shape index (κ1) is 21.3. The van der Waals surface area contributed by atoms with E-state index in [4.69, 9.17) is 4.52 Å². The molecule has 0 spiro atoms. The van der Waals surface area contributed by atoms with Gasteiger partial charge in [0, 0.05) is 5.56 Å². The summed E-state index contributed by atoms with van der Waals surface area (Å²) < 4.78 is 16.8. The van der Waals surface area contributed by atoms with Gasteiger partial charge in [0.05, 0.1) is 0 Å². The summed E-state index contributed by atoms with van der Waals surface area (Å²) in [6.45, 7) is 4.26. The van der Waals surface area contributed by atoms with E-state index in [0.29, 0.717) is 0 Å². The van der Waals surface area contributed by atoms with E-state index < -0.39 is 7.82 Å². The molecule has 0 fully saturated rings. The Bertz CT molecular complexity index is 1020. The van der Waals surface area contributed by atoms with Crippen LogP contribution in [0.2, 0.25) is 0 Å². The lowest BCUT2D eigenvalue weighted by Gasteiger charge is -2.20. The maximum Gasteiger partial charge on any atom is 0.524 e. The largest absolute Gasteiger partial charge is 0.524 e. The Labute approximate surface area is 172 Å². The van der Waals surface area contributed by atoms with Crippen LogP contribution in [0, 0.1) is 0 Å². The van der Waals surface area contributed by atoms with Gasteiger partial charge in [-0.05, 0) is 46.7 Å². The SMILES string of the molecule is CCCc1ccccc1-c1cccc(OP(=O)(O)O)c1-c1ccccc1CCC. The zero-order chi connectivity index (χ0) is 20.9. The van der Waals surface area contributed by atoms with Gasteiger partial charge in [-0.1, -0.05) is 87.4 Å². The molecule has 0 aliphatic heterocycles. The summed E-state index contributed by atoms with van der Waals surface area (Å²) in [6.07, 6.45) is 3.78. The molecule has 5 heteroatoms. The molecule has 4 nitrogen and oxygen atoms in total. The van der Waals surface area contributed by atoms with Crippen LogP contribution >= 0.6 is 7.82 Å². The van der Waals surface area contributed by atoms with Gasteiger partial charge in [-0.3, -0.25) is 9.79 Å². The van der Waals surface area contributed by atoms with Crippen molar-refractivity contribution in [3.05, 3.63) is 77.9 Å². The predicted octanol–water partition coefficient (Wildman–Crippen LogP) is 6.40. The fraction of sp³-hybridized carbons (Fsp3) is 0.250. The lowest BCUT2D eigenvalue weighted by atomic mass is 9.87. The highest BCUT2D eigenvalue weighted by Gasteiger charge is 2.23. The quantitative estimate of drug-likeness (QED) is 0.422. The molecule has 0 atom stereocenters. The van der Waals surface area contributed by atoms with Crippen LogP contribution in [0.1, 0.15) is 37.8 Å². The Balaban J connectivity index is 2.32. The number of phosphoric acid groups is 1. The van der Waals surface area contributed by atoms with Crippen LogP contribution in [0.5, 0.6) is 5.75 Å². The van der Waals surface area contributed by atoms with Crippen molar-refractivity contribution >= 4 is 7.82 Å². The second kappa shape index (κ2) is 9.41. The molecule has 0 unspecified atom stereocenters. The summed E-state index contributed by atoms with van der Waals surface area (Å²) in [4.78, 5) is 19.0. The average Bonchev–Trinajstić information content (AvgIpc) is 2.68. The molecule has 0 radical (unpaired) electrons. The van der Waals surface area contributed by atoms with Gasteiger partial charge in [-0.25, -0.2) is 4.57 Å². The van der Waals surface area contributed by atoms with Crippen molar-refractivity contribution in [3.8, 4) is 28.0 Å². The molecule has 0 bridgehead atoms. The standard InChI is InChI=1S/C24H27O4P/c1-3-10-18-12-5-7-14-20(18)22-16-9-17-23(28-29(25,26)27)24(22)21-15-8-6-13-19(21)11-4-2/h5-9,12-17H,3-4,10-11H2,1-2H3,(H2,25,26,27). The van der Waals surface area contributed by atoms with Crippen molar-refractivity contribution in [2.45, 2.75) is 39.5 Å². The van der Waals surface area contributed by atoms with Crippen LogP contribution in [0.4, 0.5) is 0 Å². The van der Waals surface area contributed by atoms with Crippen LogP contribution in [0.3, 0.4) is 0 Å². The zero-order valence-electron chi connectivity index (χ0n) is 16.8. The lowest BCUT2D eigenvalue weighted by molar-refractivity contribution is 0.283. The Hall–Kier alpha value is -2.39. The van der Waals surface area contributed by atoms with Crippen LogP contribution in [0.15, 0.2) is 66.7 Å². The highest BCUT2D eigenvalue weighted by molar-refractivity contribution is 7.46. The van der Waals surface area contributed by atoms with E-state index in [9.17, 15) is 14.4 Å². The average molecular weight is 410 g/mol. The van der Waals surface area contributed by atoms with E-state index in [1.165, 1.54) is 5.56 Å². The Morgan fingerprint density at radius 2 is 1.24 bits per heavy atom. The van der Waals surface area contributed by atoms with Crippen molar-refractivity contribution in [3.63, 3.8) is 0 Å². The topological polar surface area (TPSA) is 66.8 Å². The van der Waals surface area contributed by atoms with Gasteiger partial charge >= 0.3 is 7.82 Å². The van der Waals surface area contributed by atoms with Crippen molar-refractivity contribution in [2.75, 3.05) is 0 Å². The summed E-state index contributed by atoms with van der Waals surface area (Å²) in [5, 5.41) is 0. The second-order valence-corrected chi connectivity index (χ2v) is 8.24. The highest BCUT2D eigenvalue weighted by Crippen LogP contribution is 2.47. The van der Waals surface area contributed by atoms with E-state index in [1.807, 2.05) is 36.4 Å². The molecular formula is C24H27O4P. The third-order valence-corrected chi connectivity index (χ3v) is 5.31. The summed E-state index contributed by atoms with van der Waals surface area (Å²) in [5.74, 6) is 0.200. The van der Waals surface area contributed by atoms with E-state index in [0.717, 1.165) is 53.5 Å². The van der Waals surface area contributed by atoms with Crippen molar-refractivity contribution in [1.82, 2.24) is 0 Å². The van der Waals surface area contributed by atoms with E-state index in [1.54, 1.807) is 12.1 Å². The van der Waals surface area contributed by atoms with Crippen molar-refractivity contribution in [2.24, 2.45) is 0 Å². The molecule has 0 aliphatic carbocycles. The van der Waals surface area contributed by atoms with Crippen molar-refractivity contribution in [1.29, 1.82) is 0 Å². The number of aryl methyl sites for hydroxylation is 2. The minimum absolute atomic E-state index is 0.200. The molecule has 152 valence electrons. The first-order valence-electron chi connectivity index (χ1n) is 9.99. The Morgan fingerprint density at radius 3 is 1.83 bits per heavy atom. The van der Waals surface area contributed by atoms with Gasteiger partial charge < -0.3 is 4.52 Å². The van der Waals surface area contributed by atoms with Gasteiger partial charge in [-0.15, -0.1) is 0 Å². The summed E-state index contributed by atoms with van der Waals surface area (Å²) in [5.41, 5.74) is 5.99. The monoisotopic (exact) mass is 410 g/mol. The van der Waals surface area contributed by atoms with Gasteiger partial charge in [0.1, 0.15) is 5.75 Å². The molecule has 3 aromatic carbocycles. The van der Waals surface area contributed by atoms with E-state index in [2.05, 4.69) is 32.0 Å². The fourth-order valence-corrected chi connectivity index (χ4v) is 4.17. The predicted molar refractivity (Wildman–Crippen MR) is 118 cm³/mol. The molecule has 3 rings (SSSR count). The van der Waals surface area contributed by atoms with Crippen LogP contribution in [0.25, 0.3) is 22.3 Å². The number of phosphoric ester groups is 1. The van der Waals surface area contributed by atoms with Crippen LogP contribution < -0.4 is 4.52 Å². The summed E-state index contributed by atoms with van der Waals surface area (Å²) in [6, 6.07) is 21.6. The minimum atomic E-state index is -4.70. The fourth-order valence-electron chi connectivity index (χ4n) is 3.76. The first-order chi connectivity index (χ1) is 13.9. The Kier molecular flexibility index (Phi) is 6.92. The molecule has 0 heterocycles. The van der Waals surface area contributed by atoms with Gasteiger partial charge in [0.2, 0.25) is 0 Å². The molecule has 0 aromatic heterocycles. The smallest absolute Gasteiger partial charge is 0.404 e. The minimum Gasteiger partial charge on any atom is -0.404 e. The molecule has 0 saturated carbocycles. The molecule has 0 amide bonds. The number of hydrogen-bond acceptors (Lipinski definition) is 2. The molecule has 2 N–H and O–H groups in total. The molecule has 0 aliphatic rings. The molecule has 3 aromatic rings. The number of rotatable bonds is 8.